The molecule has 1 saturated carbocycles. The number of halogens is 1. The van der Waals surface area contributed by atoms with Crippen LogP contribution in [0.1, 0.15) is 87.2 Å². The number of rotatable bonds is 10. The first-order chi connectivity index (χ1) is 20.7. The van der Waals surface area contributed by atoms with E-state index in [4.69, 9.17) is 4.74 Å². The second-order valence-corrected chi connectivity index (χ2v) is 12.4. The molecule has 2 aliphatic heterocycles. The van der Waals surface area contributed by atoms with E-state index in [1.807, 2.05) is 17.0 Å². The van der Waals surface area contributed by atoms with Gasteiger partial charge in [-0.3, -0.25) is 24.3 Å². The summed E-state index contributed by atoms with van der Waals surface area (Å²) in [5, 5.41) is 16.8. The molecule has 1 spiro atoms. The third-order valence-electron chi connectivity index (χ3n) is 9.36. The Morgan fingerprint density at radius 3 is 2.34 bits per heavy atom. The maximum atomic E-state index is 13.8. The predicted octanol–water partition coefficient (Wildman–Crippen LogP) is 4.20. The fourth-order valence-electron chi connectivity index (χ4n) is 6.78. The van der Waals surface area contributed by atoms with E-state index in [0.717, 1.165) is 37.8 Å². The molecule has 2 saturated heterocycles. The number of piperidine rings is 1. The van der Waals surface area contributed by atoms with E-state index in [0.29, 0.717) is 75.3 Å². The van der Waals surface area contributed by atoms with Crippen LogP contribution in [0.5, 0.6) is 11.5 Å². The van der Waals surface area contributed by atoms with Gasteiger partial charge in [0.15, 0.2) is 0 Å². The third-order valence-corrected chi connectivity index (χ3v) is 9.36. The number of unbranched alkanes of at least 4 members (excludes halogenated alkanes) is 1. The molecule has 3 aliphatic rings. The molecule has 240 valence electrons. The van der Waals surface area contributed by atoms with Gasteiger partial charge in [-0.05, 0) is 68.5 Å². The molecule has 2 aromatic rings. The highest BCUT2D eigenvalue weighted by molar-refractivity contribution is 6.00. The molecule has 3 fully saturated rings. The summed E-state index contributed by atoms with van der Waals surface area (Å²) in [5.41, 5.74) is -0.257. The molecule has 3 N–H and O–H groups in total. The van der Waals surface area contributed by atoms with Crippen LogP contribution >= 0.6 is 12.4 Å². The van der Waals surface area contributed by atoms with Crippen LogP contribution in [0.15, 0.2) is 42.6 Å². The molecule has 3 heterocycles. The molecule has 1 atom stereocenters. The number of carbonyl (C=O) groups excluding carboxylic acids is 3. The van der Waals surface area contributed by atoms with E-state index in [1.165, 1.54) is 0 Å². The molecule has 11 heteroatoms. The van der Waals surface area contributed by atoms with Crippen LogP contribution in [-0.4, -0.2) is 81.5 Å². The van der Waals surface area contributed by atoms with E-state index in [2.05, 4.69) is 27.4 Å². The standard InChI is InChI=1S/C33H45N5O5.ClH/c1-3-4-18-38-30(40)28(21-32(42)14-6-5-7-15-32)36-31(41)33(38)16-19-37(20-17-33)23-25-10-13-27(22-35-25)43-26-11-8-24(9-12-26)29(39)34-2;/h8-13,22,28,42H,3-7,14-21,23H2,1-2H3,(H,34,39)(H,36,41);1H/t28-;/m1./s1. The molecule has 5 rings (SSSR count). The molecule has 0 bridgehead atoms. The number of hydrogen-bond donors (Lipinski definition) is 3. The van der Waals surface area contributed by atoms with E-state index in [-0.39, 0.29) is 30.1 Å². The lowest BCUT2D eigenvalue weighted by Gasteiger charge is -2.52. The van der Waals surface area contributed by atoms with Crippen LogP contribution in [0.3, 0.4) is 0 Å². The second-order valence-electron chi connectivity index (χ2n) is 12.4. The molecular weight excluding hydrogens is 582 g/mol. The predicted molar refractivity (Wildman–Crippen MR) is 170 cm³/mol. The molecule has 44 heavy (non-hydrogen) atoms. The SMILES string of the molecule is CCCCN1C(=O)[C@@H](CC2(O)CCCCC2)NC(=O)C12CCN(Cc1ccc(Oc3ccc(C(=O)NC)cc3)cn1)CC2.Cl. The molecular formula is C33H46ClN5O5. The summed E-state index contributed by atoms with van der Waals surface area (Å²) in [7, 11) is 1.60. The highest BCUT2D eigenvalue weighted by atomic mass is 35.5. The number of pyridine rings is 1. The average molecular weight is 628 g/mol. The van der Waals surface area contributed by atoms with E-state index in [9.17, 15) is 19.5 Å². The molecule has 10 nitrogen and oxygen atoms in total. The van der Waals surface area contributed by atoms with Crippen molar-refractivity contribution >= 4 is 30.1 Å². The van der Waals surface area contributed by atoms with Crippen molar-refractivity contribution in [2.45, 2.75) is 94.9 Å². The quantitative estimate of drug-likeness (QED) is 0.361. The van der Waals surface area contributed by atoms with Gasteiger partial charge < -0.3 is 25.4 Å². The number of carbonyl (C=O) groups is 3. The number of nitrogens with zero attached hydrogens (tertiary/aromatic N) is 3. The van der Waals surface area contributed by atoms with Crippen LogP contribution in [0.2, 0.25) is 0 Å². The summed E-state index contributed by atoms with van der Waals surface area (Å²) in [6.07, 6.45) is 9.32. The molecule has 1 aromatic carbocycles. The fraction of sp³-hybridized carbons (Fsp3) is 0.576. The highest BCUT2D eigenvalue weighted by Gasteiger charge is 2.54. The smallest absolute Gasteiger partial charge is 0.251 e. The van der Waals surface area contributed by atoms with Crippen molar-refractivity contribution in [1.29, 1.82) is 0 Å². The van der Waals surface area contributed by atoms with Gasteiger partial charge in [-0.25, -0.2) is 0 Å². The lowest BCUT2D eigenvalue weighted by molar-refractivity contribution is -0.163. The van der Waals surface area contributed by atoms with Gasteiger partial charge in [-0.15, -0.1) is 12.4 Å². The van der Waals surface area contributed by atoms with Crippen LogP contribution in [0, 0.1) is 0 Å². The van der Waals surface area contributed by atoms with Crippen LogP contribution < -0.4 is 15.4 Å². The topological polar surface area (TPSA) is 124 Å². The van der Waals surface area contributed by atoms with Crippen molar-refractivity contribution in [1.82, 2.24) is 25.4 Å². The number of piperazine rings is 1. The van der Waals surface area contributed by atoms with Gasteiger partial charge in [0.1, 0.15) is 23.1 Å². The summed E-state index contributed by atoms with van der Waals surface area (Å²) in [6.45, 7) is 4.65. The van der Waals surface area contributed by atoms with Crippen LogP contribution in [0.25, 0.3) is 0 Å². The first-order valence-corrected chi connectivity index (χ1v) is 15.8. The van der Waals surface area contributed by atoms with Gasteiger partial charge in [-0.1, -0.05) is 32.6 Å². The van der Waals surface area contributed by atoms with Gasteiger partial charge in [0.05, 0.1) is 17.5 Å². The Balaban J connectivity index is 0.00000442. The number of nitrogens with one attached hydrogen (secondary N) is 2. The van der Waals surface area contributed by atoms with Crippen molar-refractivity contribution in [3.63, 3.8) is 0 Å². The third kappa shape index (κ3) is 7.53. The monoisotopic (exact) mass is 627 g/mol. The number of aliphatic hydroxyl groups is 1. The Morgan fingerprint density at radius 1 is 1.05 bits per heavy atom. The average Bonchev–Trinajstić information content (AvgIpc) is 3.02. The lowest BCUT2D eigenvalue weighted by atomic mass is 9.77. The Labute approximate surface area is 266 Å². The van der Waals surface area contributed by atoms with Gasteiger partial charge in [-0.2, -0.15) is 0 Å². The Bertz CT molecular complexity index is 1270. The minimum atomic E-state index is -0.874. The molecule has 1 aromatic heterocycles. The van der Waals surface area contributed by atoms with E-state index >= 15 is 0 Å². The van der Waals surface area contributed by atoms with E-state index < -0.39 is 17.2 Å². The summed E-state index contributed by atoms with van der Waals surface area (Å²) < 4.78 is 5.89. The zero-order chi connectivity index (χ0) is 30.5. The van der Waals surface area contributed by atoms with Gasteiger partial charge in [0.25, 0.3) is 5.91 Å². The van der Waals surface area contributed by atoms with Gasteiger partial charge in [0.2, 0.25) is 11.8 Å². The molecule has 0 radical (unpaired) electrons. The number of hydrogen-bond acceptors (Lipinski definition) is 7. The maximum absolute atomic E-state index is 13.8. The maximum Gasteiger partial charge on any atom is 0.251 e. The Hall–Kier alpha value is -3.21. The highest BCUT2D eigenvalue weighted by Crippen LogP contribution is 2.37. The minimum Gasteiger partial charge on any atom is -0.456 e. The number of benzene rings is 1. The second kappa shape index (κ2) is 14.7. The van der Waals surface area contributed by atoms with Gasteiger partial charge in [0, 0.05) is 45.2 Å². The molecule has 1 aliphatic carbocycles. The van der Waals surface area contributed by atoms with Crippen LogP contribution in [0.4, 0.5) is 0 Å². The number of amides is 3. The fourth-order valence-corrected chi connectivity index (χ4v) is 6.78. The lowest BCUT2D eigenvalue weighted by Crippen LogP contribution is -2.73. The van der Waals surface area contributed by atoms with Crippen molar-refractivity contribution < 1.29 is 24.2 Å². The Kier molecular flexibility index (Phi) is 11.3. The van der Waals surface area contributed by atoms with Crippen LogP contribution in [-0.2, 0) is 16.1 Å². The van der Waals surface area contributed by atoms with E-state index in [1.54, 1.807) is 37.5 Å². The Morgan fingerprint density at radius 2 is 1.73 bits per heavy atom. The number of likely N-dealkylation sites (tertiary alicyclic amines) is 1. The first kappa shape index (κ1) is 33.7. The van der Waals surface area contributed by atoms with Crippen molar-refractivity contribution in [3.05, 3.63) is 53.9 Å². The normalized spacial score (nSPS) is 21.3. The zero-order valence-electron chi connectivity index (χ0n) is 25.8. The molecule has 3 amide bonds. The number of aromatic nitrogens is 1. The molecule has 0 unspecified atom stereocenters. The first-order valence-electron chi connectivity index (χ1n) is 15.8. The summed E-state index contributed by atoms with van der Waals surface area (Å²) in [6, 6.07) is 10.1. The summed E-state index contributed by atoms with van der Waals surface area (Å²) in [4.78, 5) is 48.0. The van der Waals surface area contributed by atoms with Crippen molar-refractivity contribution in [2.75, 3.05) is 26.7 Å². The summed E-state index contributed by atoms with van der Waals surface area (Å²) in [5.74, 6) is 0.956. The van der Waals surface area contributed by atoms with Gasteiger partial charge >= 0.3 is 0 Å². The number of ether oxygens (including phenoxy) is 1. The largest absolute Gasteiger partial charge is 0.456 e. The van der Waals surface area contributed by atoms with Crippen molar-refractivity contribution in [2.24, 2.45) is 0 Å². The summed E-state index contributed by atoms with van der Waals surface area (Å²) >= 11 is 0. The minimum absolute atomic E-state index is 0. The zero-order valence-corrected chi connectivity index (χ0v) is 26.7. The van der Waals surface area contributed by atoms with Crippen molar-refractivity contribution in [3.8, 4) is 11.5 Å².